The monoisotopic (exact) mass is 261 g/mol. The van der Waals surface area contributed by atoms with Gasteiger partial charge < -0.3 is 10.2 Å². The molecule has 7 heteroatoms. The van der Waals surface area contributed by atoms with Crippen LogP contribution in [0.5, 0.6) is 0 Å². The minimum atomic E-state index is -0.654. The summed E-state index contributed by atoms with van der Waals surface area (Å²) < 4.78 is 13.2. The number of amides is 1. The number of carbonyl (C=O) groups is 1. The normalized spacial score (nSPS) is 9.26. The van der Waals surface area contributed by atoms with Gasteiger partial charge in [-0.05, 0) is 13.0 Å². The molecule has 1 aromatic heterocycles. The molecule has 0 spiro atoms. The van der Waals surface area contributed by atoms with Gasteiger partial charge in [0.2, 0.25) is 0 Å². The first-order valence-electron chi connectivity index (χ1n) is 5.56. The fraction of sp³-hybridized carbons (Fsp3) is 0.333. The van der Waals surface area contributed by atoms with E-state index < -0.39 is 11.7 Å². The molecule has 6 nitrogen and oxygen atoms in total. The van der Waals surface area contributed by atoms with Gasteiger partial charge in [-0.2, -0.15) is 10.5 Å². The molecule has 0 aliphatic rings. The van der Waals surface area contributed by atoms with E-state index in [0.29, 0.717) is 6.54 Å². The molecule has 0 saturated heterocycles. The van der Waals surface area contributed by atoms with Crippen molar-refractivity contribution in [3.63, 3.8) is 0 Å². The molecule has 98 valence electrons. The summed E-state index contributed by atoms with van der Waals surface area (Å²) in [5.41, 5.74) is 0.00681. The Hall–Kier alpha value is -2.67. The standard InChI is InChI=1S/C12H12FN5O/c1-2-16-11-10(7-9(13)8-17-11)12(19)18(5-3-14)6-4-15/h7-8H,2,5-6H2,1H3,(H,16,17). The zero-order valence-electron chi connectivity index (χ0n) is 10.4. The number of carbonyl (C=O) groups excluding carboxylic acids is 1. The van der Waals surface area contributed by atoms with Crippen LogP contribution >= 0.6 is 0 Å². The molecule has 0 saturated carbocycles. The number of nitriles is 2. The van der Waals surface area contributed by atoms with Crippen LogP contribution < -0.4 is 5.32 Å². The van der Waals surface area contributed by atoms with Crippen molar-refractivity contribution in [1.82, 2.24) is 9.88 Å². The molecule has 0 aliphatic carbocycles. The highest BCUT2D eigenvalue weighted by molar-refractivity contribution is 5.99. The fourth-order valence-corrected chi connectivity index (χ4v) is 1.45. The minimum Gasteiger partial charge on any atom is -0.370 e. The van der Waals surface area contributed by atoms with Crippen LogP contribution in [-0.4, -0.2) is 35.4 Å². The predicted octanol–water partition coefficient (Wildman–Crippen LogP) is 1.14. The van der Waals surface area contributed by atoms with E-state index in [2.05, 4.69) is 10.3 Å². The van der Waals surface area contributed by atoms with Crippen molar-refractivity contribution in [3.05, 3.63) is 23.6 Å². The van der Waals surface area contributed by atoms with E-state index in [4.69, 9.17) is 10.5 Å². The Labute approximate surface area is 110 Å². The van der Waals surface area contributed by atoms with Crippen LogP contribution in [0.2, 0.25) is 0 Å². The van der Waals surface area contributed by atoms with E-state index in [1.54, 1.807) is 12.1 Å². The van der Waals surface area contributed by atoms with Gasteiger partial charge in [0.15, 0.2) is 0 Å². The van der Waals surface area contributed by atoms with Gasteiger partial charge in [-0.3, -0.25) is 4.79 Å². The second kappa shape index (κ2) is 6.92. The Kier molecular flexibility index (Phi) is 5.24. The fourth-order valence-electron chi connectivity index (χ4n) is 1.45. The third kappa shape index (κ3) is 3.65. The zero-order valence-corrected chi connectivity index (χ0v) is 10.4. The van der Waals surface area contributed by atoms with Gasteiger partial charge in [0, 0.05) is 6.54 Å². The Morgan fingerprint density at radius 1 is 1.47 bits per heavy atom. The largest absolute Gasteiger partial charge is 0.370 e. The number of nitrogens with one attached hydrogen (secondary N) is 1. The molecule has 1 amide bonds. The molecule has 0 atom stereocenters. The molecular weight excluding hydrogens is 249 g/mol. The van der Waals surface area contributed by atoms with Crippen LogP contribution in [0, 0.1) is 28.5 Å². The Balaban J connectivity index is 3.12. The first-order chi connectivity index (χ1) is 9.13. The summed E-state index contributed by atoms with van der Waals surface area (Å²) in [7, 11) is 0. The average Bonchev–Trinajstić information content (AvgIpc) is 2.40. The van der Waals surface area contributed by atoms with E-state index in [1.807, 2.05) is 6.92 Å². The number of hydrogen-bond acceptors (Lipinski definition) is 5. The van der Waals surface area contributed by atoms with Crippen molar-refractivity contribution in [3.8, 4) is 12.1 Å². The van der Waals surface area contributed by atoms with Crippen molar-refractivity contribution in [2.45, 2.75) is 6.92 Å². The second-order valence-electron chi connectivity index (χ2n) is 3.56. The maximum Gasteiger partial charge on any atom is 0.259 e. The number of anilines is 1. The zero-order chi connectivity index (χ0) is 14.3. The first kappa shape index (κ1) is 14.4. The Morgan fingerprint density at radius 3 is 2.63 bits per heavy atom. The van der Waals surface area contributed by atoms with Crippen molar-refractivity contribution >= 4 is 11.7 Å². The summed E-state index contributed by atoms with van der Waals surface area (Å²) in [4.78, 5) is 17.0. The van der Waals surface area contributed by atoms with Crippen molar-refractivity contribution in [2.75, 3.05) is 25.0 Å². The van der Waals surface area contributed by atoms with E-state index in [1.165, 1.54) is 0 Å². The van der Waals surface area contributed by atoms with E-state index >= 15 is 0 Å². The molecule has 1 aromatic rings. The summed E-state index contributed by atoms with van der Waals surface area (Å²) >= 11 is 0. The van der Waals surface area contributed by atoms with E-state index in [-0.39, 0.29) is 24.5 Å². The SMILES string of the molecule is CCNc1ncc(F)cc1C(=O)N(CC#N)CC#N. The molecule has 0 aromatic carbocycles. The smallest absolute Gasteiger partial charge is 0.259 e. The van der Waals surface area contributed by atoms with Crippen LogP contribution in [0.1, 0.15) is 17.3 Å². The van der Waals surface area contributed by atoms with Gasteiger partial charge >= 0.3 is 0 Å². The average molecular weight is 261 g/mol. The van der Waals surface area contributed by atoms with E-state index in [9.17, 15) is 9.18 Å². The number of nitrogens with zero attached hydrogens (tertiary/aromatic N) is 4. The number of pyridine rings is 1. The topological polar surface area (TPSA) is 92.8 Å². The maximum atomic E-state index is 13.2. The first-order valence-corrected chi connectivity index (χ1v) is 5.56. The van der Waals surface area contributed by atoms with Crippen LogP contribution in [0.3, 0.4) is 0 Å². The Bertz CT molecular complexity index is 530. The molecule has 1 heterocycles. The van der Waals surface area contributed by atoms with E-state index in [0.717, 1.165) is 17.2 Å². The summed E-state index contributed by atoms with van der Waals surface area (Å²) in [6.07, 6.45) is 0.994. The lowest BCUT2D eigenvalue weighted by molar-refractivity contribution is 0.0795. The number of rotatable bonds is 5. The maximum absolute atomic E-state index is 13.2. The molecule has 19 heavy (non-hydrogen) atoms. The van der Waals surface area contributed by atoms with Crippen molar-refractivity contribution < 1.29 is 9.18 Å². The number of halogens is 1. The van der Waals surface area contributed by atoms with Gasteiger partial charge in [-0.1, -0.05) is 0 Å². The molecule has 0 unspecified atom stereocenters. The van der Waals surface area contributed by atoms with Crippen LogP contribution in [0.4, 0.5) is 10.2 Å². The summed E-state index contributed by atoms with van der Waals surface area (Å²) in [5.74, 6) is -1.03. The molecule has 0 radical (unpaired) electrons. The quantitative estimate of drug-likeness (QED) is 0.802. The highest BCUT2D eigenvalue weighted by atomic mass is 19.1. The third-order valence-corrected chi connectivity index (χ3v) is 2.24. The number of hydrogen-bond donors (Lipinski definition) is 1. The van der Waals surface area contributed by atoms with Crippen LogP contribution in [0.15, 0.2) is 12.3 Å². The second-order valence-corrected chi connectivity index (χ2v) is 3.56. The molecule has 1 N–H and O–H groups in total. The lowest BCUT2D eigenvalue weighted by Crippen LogP contribution is -2.32. The lowest BCUT2D eigenvalue weighted by Gasteiger charge is -2.17. The van der Waals surface area contributed by atoms with Gasteiger partial charge in [0.05, 0.1) is 23.9 Å². The van der Waals surface area contributed by atoms with Crippen LogP contribution in [0.25, 0.3) is 0 Å². The third-order valence-electron chi connectivity index (χ3n) is 2.24. The van der Waals surface area contributed by atoms with Crippen molar-refractivity contribution in [2.24, 2.45) is 0 Å². The lowest BCUT2D eigenvalue weighted by atomic mass is 10.2. The highest BCUT2D eigenvalue weighted by Crippen LogP contribution is 2.16. The highest BCUT2D eigenvalue weighted by Gasteiger charge is 2.20. The number of aromatic nitrogens is 1. The van der Waals surface area contributed by atoms with Crippen LogP contribution in [-0.2, 0) is 0 Å². The van der Waals surface area contributed by atoms with Gasteiger partial charge in [0.1, 0.15) is 24.7 Å². The summed E-state index contributed by atoms with van der Waals surface area (Å²) in [6.45, 7) is 1.83. The molecular formula is C12H12FN5O. The Morgan fingerprint density at radius 2 is 2.11 bits per heavy atom. The molecule has 0 bridgehead atoms. The van der Waals surface area contributed by atoms with Crippen molar-refractivity contribution in [1.29, 1.82) is 10.5 Å². The molecule has 0 fully saturated rings. The van der Waals surface area contributed by atoms with Gasteiger partial charge in [0.25, 0.3) is 5.91 Å². The summed E-state index contributed by atoms with van der Waals surface area (Å²) in [6, 6.07) is 4.61. The predicted molar refractivity (Wildman–Crippen MR) is 65.5 cm³/mol. The van der Waals surface area contributed by atoms with Gasteiger partial charge in [-0.25, -0.2) is 9.37 Å². The summed E-state index contributed by atoms with van der Waals surface area (Å²) in [5, 5.41) is 20.1. The molecule has 0 aliphatic heterocycles. The van der Waals surface area contributed by atoms with Gasteiger partial charge in [-0.15, -0.1) is 0 Å². The molecule has 1 rings (SSSR count). The minimum absolute atomic E-state index is 0.00681.